The summed E-state index contributed by atoms with van der Waals surface area (Å²) in [4.78, 5) is 24.2. The molecule has 2 aliphatic rings. The maximum atomic E-state index is 11.7. The first-order valence-electron chi connectivity index (χ1n) is 11.9. The topological polar surface area (TPSA) is 107 Å². The van der Waals surface area contributed by atoms with Gasteiger partial charge in [-0.3, -0.25) is 9.48 Å². The van der Waals surface area contributed by atoms with Gasteiger partial charge in [-0.05, 0) is 55.2 Å². The van der Waals surface area contributed by atoms with Crippen molar-refractivity contribution in [3.05, 3.63) is 65.4 Å². The van der Waals surface area contributed by atoms with E-state index < -0.39 is 0 Å². The molecule has 0 bridgehead atoms. The largest absolute Gasteiger partial charge is 0.493 e. The molecule has 9 heteroatoms. The lowest BCUT2D eigenvalue weighted by Crippen LogP contribution is -2.20. The monoisotopic (exact) mass is 470 g/mol. The van der Waals surface area contributed by atoms with E-state index in [0.717, 1.165) is 58.4 Å². The Labute approximate surface area is 202 Å². The third-order valence-corrected chi connectivity index (χ3v) is 6.58. The lowest BCUT2D eigenvalue weighted by molar-refractivity contribution is -0.116. The minimum Gasteiger partial charge on any atom is -0.493 e. The molecule has 2 N–H and O–H groups in total. The van der Waals surface area contributed by atoms with Crippen LogP contribution in [0.3, 0.4) is 0 Å². The van der Waals surface area contributed by atoms with E-state index >= 15 is 0 Å². The van der Waals surface area contributed by atoms with E-state index in [-0.39, 0.29) is 11.8 Å². The van der Waals surface area contributed by atoms with Crippen LogP contribution in [0.4, 0.5) is 5.82 Å². The minimum absolute atomic E-state index is 0.0191. The third kappa shape index (κ3) is 4.03. The van der Waals surface area contributed by atoms with Crippen molar-refractivity contribution < 1.29 is 14.3 Å². The standard InChI is InChI=1S/C26H26N6O3/c1-3-17-12-21(32(2)31-17)20-13-28-25(29-20)16-10-15-11-18(4-6-22(15)34-14-16)35-23-8-9-27-26-19(23)5-7-24(33)30-26/h4,6,8-9,11-13,16H,3,5,7,10,14H2,1-2H3,(H,28,29)(H,27,30,33)/t16-/m1/s1. The summed E-state index contributed by atoms with van der Waals surface area (Å²) < 4.78 is 14.2. The van der Waals surface area contributed by atoms with Crippen LogP contribution in [-0.2, 0) is 31.1 Å². The predicted octanol–water partition coefficient (Wildman–Crippen LogP) is 4.16. The number of H-pyrrole nitrogens is 1. The number of nitrogens with one attached hydrogen (secondary N) is 2. The van der Waals surface area contributed by atoms with Gasteiger partial charge < -0.3 is 19.8 Å². The van der Waals surface area contributed by atoms with Crippen molar-refractivity contribution in [2.45, 2.75) is 38.5 Å². The van der Waals surface area contributed by atoms with Gasteiger partial charge in [0.15, 0.2) is 0 Å². The van der Waals surface area contributed by atoms with Crippen LogP contribution in [0.2, 0.25) is 0 Å². The molecule has 0 radical (unpaired) electrons. The van der Waals surface area contributed by atoms with E-state index in [4.69, 9.17) is 14.5 Å². The van der Waals surface area contributed by atoms with E-state index in [1.807, 2.05) is 42.2 Å². The highest BCUT2D eigenvalue weighted by atomic mass is 16.5. The number of ether oxygens (including phenoxy) is 2. The van der Waals surface area contributed by atoms with Crippen LogP contribution in [-0.4, -0.2) is 37.2 Å². The van der Waals surface area contributed by atoms with Gasteiger partial charge in [-0.25, -0.2) is 9.97 Å². The van der Waals surface area contributed by atoms with Gasteiger partial charge in [0.2, 0.25) is 5.91 Å². The van der Waals surface area contributed by atoms with E-state index in [0.29, 0.717) is 31.0 Å². The third-order valence-electron chi connectivity index (χ3n) is 6.58. The molecule has 6 rings (SSSR count). The molecule has 5 heterocycles. The van der Waals surface area contributed by atoms with Gasteiger partial charge in [0.1, 0.15) is 34.6 Å². The highest BCUT2D eigenvalue weighted by Gasteiger charge is 2.26. The van der Waals surface area contributed by atoms with Crippen LogP contribution in [0.5, 0.6) is 17.2 Å². The average molecular weight is 471 g/mol. The number of hydrogen-bond donors (Lipinski definition) is 2. The number of rotatable bonds is 5. The summed E-state index contributed by atoms with van der Waals surface area (Å²) in [6, 6.07) is 9.80. The Balaban J connectivity index is 1.22. The van der Waals surface area contributed by atoms with Crippen LogP contribution < -0.4 is 14.8 Å². The zero-order valence-corrected chi connectivity index (χ0v) is 19.7. The Morgan fingerprint density at radius 1 is 1.23 bits per heavy atom. The fraction of sp³-hybridized carbons (Fsp3) is 0.308. The van der Waals surface area contributed by atoms with E-state index in [1.165, 1.54) is 0 Å². The molecule has 0 fully saturated rings. The number of imidazole rings is 1. The molecule has 0 unspecified atom stereocenters. The highest BCUT2D eigenvalue weighted by molar-refractivity contribution is 5.93. The Morgan fingerprint density at radius 2 is 2.14 bits per heavy atom. The SMILES string of the molecule is CCc1cc(-c2c[nH]c([C@H]3COc4ccc(Oc5ccnc6c5CCC(=O)N6)cc4C3)n2)n(C)n1. The Hall–Kier alpha value is -4.14. The lowest BCUT2D eigenvalue weighted by atomic mass is 9.96. The van der Waals surface area contributed by atoms with Crippen LogP contribution >= 0.6 is 0 Å². The fourth-order valence-corrected chi connectivity index (χ4v) is 4.71. The van der Waals surface area contributed by atoms with Crippen LogP contribution in [0.15, 0.2) is 42.7 Å². The number of carbonyl (C=O) groups excluding carboxylic acids is 1. The number of carbonyl (C=O) groups is 1. The van der Waals surface area contributed by atoms with Crippen molar-refractivity contribution in [3.8, 4) is 28.6 Å². The summed E-state index contributed by atoms with van der Waals surface area (Å²) >= 11 is 0. The summed E-state index contributed by atoms with van der Waals surface area (Å²) in [5, 5.41) is 7.35. The number of benzene rings is 1. The second-order valence-electron chi connectivity index (χ2n) is 8.94. The minimum atomic E-state index is -0.0191. The van der Waals surface area contributed by atoms with Gasteiger partial charge in [-0.1, -0.05) is 6.92 Å². The van der Waals surface area contributed by atoms with Gasteiger partial charge in [0.05, 0.1) is 23.9 Å². The predicted molar refractivity (Wildman–Crippen MR) is 130 cm³/mol. The second-order valence-corrected chi connectivity index (χ2v) is 8.94. The molecule has 0 aliphatic carbocycles. The number of aromatic nitrogens is 5. The van der Waals surface area contributed by atoms with Crippen molar-refractivity contribution >= 4 is 11.7 Å². The van der Waals surface area contributed by atoms with Gasteiger partial charge >= 0.3 is 0 Å². The summed E-state index contributed by atoms with van der Waals surface area (Å²) in [5.41, 5.74) is 4.92. The number of hydrogen-bond acceptors (Lipinski definition) is 6. The molecule has 0 spiro atoms. The van der Waals surface area contributed by atoms with Crippen LogP contribution in [0, 0.1) is 0 Å². The van der Waals surface area contributed by atoms with Gasteiger partial charge in [-0.2, -0.15) is 5.10 Å². The first-order chi connectivity index (χ1) is 17.1. The molecule has 3 aromatic heterocycles. The van der Waals surface area contributed by atoms with Gasteiger partial charge in [0.25, 0.3) is 0 Å². The molecule has 1 atom stereocenters. The number of fused-ring (bicyclic) bond motifs is 2. The van der Waals surface area contributed by atoms with Crippen molar-refractivity contribution in [1.29, 1.82) is 0 Å². The first kappa shape index (κ1) is 21.4. The summed E-state index contributed by atoms with van der Waals surface area (Å²) in [6.07, 6.45) is 6.30. The molecular weight excluding hydrogens is 444 g/mol. The highest BCUT2D eigenvalue weighted by Crippen LogP contribution is 2.37. The maximum absolute atomic E-state index is 11.7. The average Bonchev–Trinajstić information content (AvgIpc) is 3.50. The van der Waals surface area contributed by atoms with Gasteiger partial charge in [0, 0.05) is 31.4 Å². The molecule has 1 amide bonds. The zero-order chi connectivity index (χ0) is 23.9. The smallest absolute Gasteiger partial charge is 0.225 e. The Bertz CT molecular complexity index is 1420. The summed E-state index contributed by atoms with van der Waals surface area (Å²) in [6.45, 7) is 2.65. The van der Waals surface area contributed by atoms with E-state index in [2.05, 4.69) is 33.4 Å². The number of nitrogens with zero attached hydrogens (tertiary/aromatic N) is 4. The molecule has 178 valence electrons. The number of aryl methyl sites for hydroxylation is 2. The maximum Gasteiger partial charge on any atom is 0.225 e. The summed E-state index contributed by atoms with van der Waals surface area (Å²) in [7, 11) is 1.94. The van der Waals surface area contributed by atoms with E-state index in [1.54, 1.807) is 6.20 Å². The number of anilines is 1. The van der Waals surface area contributed by atoms with Crippen LogP contribution in [0.25, 0.3) is 11.4 Å². The zero-order valence-electron chi connectivity index (χ0n) is 19.7. The molecule has 9 nitrogen and oxygen atoms in total. The molecule has 35 heavy (non-hydrogen) atoms. The van der Waals surface area contributed by atoms with Gasteiger partial charge in [-0.15, -0.1) is 0 Å². The number of pyridine rings is 1. The molecule has 4 aromatic rings. The normalized spacial score (nSPS) is 16.7. The first-order valence-corrected chi connectivity index (χ1v) is 11.9. The second kappa shape index (κ2) is 8.57. The Morgan fingerprint density at radius 3 is 3.00 bits per heavy atom. The molecule has 1 aromatic carbocycles. The van der Waals surface area contributed by atoms with Crippen molar-refractivity contribution in [2.24, 2.45) is 7.05 Å². The van der Waals surface area contributed by atoms with E-state index in [9.17, 15) is 4.79 Å². The van der Waals surface area contributed by atoms with Crippen molar-refractivity contribution in [2.75, 3.05) is 11.9 Å². The summed E-state index contributed by atoms with van der Waals surface area (Å²) in [5.74, 6) is 3.86. The van der Waals surface area contributed by atoms with Crippen LogP contribution in [0.1, 0.15) is 41.9 Å². The van der Waals surface area contributed by atoms with Crippen molar-refractivity contribution in [3.63, 3.8) is 0 Å². The Kier molecular flexibility index (Phi) is 5.24. The number of aromatic amines is 1. The fourth-order valence-electron chi connectivity index (χ4n) is 4.71. The molecule has 2 aliphatic heterocycles. The molecular formula is C26H26N6O3. The molecule has 0 saturated carbocycles. The quantitative estimate of drug-likeness (QED) is 0.454. The molecule has 0 saturated heterocycles. The lowest BCUT2D eigenvalue weighted by Gasteiger charge is -2.25. The number of amides is 1. The van der Waals surface area contributed by atoms with Crippen molar-refractivity contribution in [1.82, 2.24) is 24.7 Å².